The first-order valence-electron chi connectivity index (χ1n) is 5.65. The van der Waals surface area contributed by atoms with Crippen LogP contribution in [0, 0.1) is 0 Å². The Bertz CT molecular complexity index is 476. The Morgan fingerprint density at radius 3 is 2.94 bits per heavy atom. The summed E-state index contributed by atoms with van der Waals surface area (Å²) >= 11 is 3.56. The summed E-state index contributed by atoms with van der Waals surface area (Å²) in [5.74, 6) is 0. The summed E-state index contributed by atoms with van der Waals surface area (Å²) in [6, 6.07) is 6.34. The van der Waals surface area contributed by atoms with Gasteiger partial charge in [-0.05, 0) is 47.6 Å². The first-order valence-corrected chi connectivity index (χ1v) is 6.44. The molecular formula is C13H17BrN2. The number of nitrogens with zero attached hydrogens (tertiary/aromatic N) is 1. The predicted octanol–water partition coefficient (Wildman–Crippen LogP) is 3.42. The molecule has 0 saturated heterocycles. The zero-order valence-corrected chi connectivity index (χ0v) is 11.3. The number of rotatable bonds is 4. The first kappa shape index (κ1) is 11.7. The highest BCUT2D eigenvalue weighted by Gasteiger charge is 2.06. The smallest absolute Gasteiger partial charge is 0.0601 e. The van der Waals surface area contributed by atoms with Crippen molar-refractivity contribution in [3.05, 3.63) is 34.4 Å². The van der Waals surface area contributed by atoms with Gasteiger partial charge in [-0.1, -0.05) is 19.1 Å². The summed E-state index contributed by atoms with van der Waals surface area (Å²) in [5, 5.41) is 1.33. The number of hydrogen-bond acceptors (Lipinski definition) is 1. The lowest BCUT2D eigenvalue weighted by molar-refractivity contribution is 0.358. The van der Waals surface area contributed by atoms with Gasteiger partial charge in [-0.2, -0.15) is 0 Å². The Labute approximate surface area is 105 Å². The fourth-order valence-corrected chi connectivity index (χ4v) is 2.33. The molecule has 0 saturated carbocycles. The second-order valence-corrected chi connectivity index (χ2v) is 4.98. The average molecular weight is 281 g/mol. The third-order valence-electron chi connectivity index (χ3n) is 3.05. The minimum absolute atomic E-state index is 1.10. The Morgan fingerprint density at radius 2 is 2.19 bits per heavy atom. The topological polar surface area (TPSA) is 19.0 Å². The van der Waals surface area contributed by atoms with Crippen LogP contribution in [-0.2, 0) is 6.42 Å². The molecule has 0 aliphatic rings. The van der Waals surface area contributed by atoms with Crippen LogP contribution in [0.15, 0.2) is 28.9 Å². The molecule has 2 nitrogen and oxygen atoms in total. The van der Waals surface area contributed by atoms with Gasteiger partial charge in [0, 0.05) is 22.6 Å². The average Bonchev–Trinajstić information content (AvgIpc) is 2.70. The normalized spacial score (nSPS) is 11.5. The van der Waals surface area contributed by atoms with Gasteiger partial charge in [-0.15, -0.1) is 0 Å². The van der Waals surface area contributed by atoms with E-state index in [1.807, 2.05) is 0 Å². The van der Waals surface area contributed by atoms with Crippen molar-refractivity contribution in [2.24, 2.45) is 0 Å². The summed E-state index contributed by atoms with van der Waals surface area (Å²) in [6.07, 6.45) is 3.22. The second kappa shape index (κ2) is 5.02. The van der Waals surface area contributed by atoms with Gasteiger partial charge in [0.1, 0.15) is 0 Å². The SMILES string of the molecule is CCN(C)CCc1c[nH]c2c(Br)cccc12. The number of hydrogen-bond donors (Lipinski definition) is 1. The van der Waals surface area contributed by atoms with Crippen LogP contribution in [0.4, 0.5) is 0 Å². The summed E-state index contributed by atoms with van der Waals surface area (Å²) < 4.78 is 1.14. The van der Waals surface area contributed by atoms with Crippen molar-refractivity contribution in [3.8, 4) is 0 Å². The molecule has 0 fully saturated rings. The molecule has 3 heteroatoms. The Hall–Kier alpha value is -0.800. The quantitative estimate of drug-likeness (QED) is 0.909. The number of likely N-dealkylation sites (N-methyl/N-ethyl adjacent to an activating group) is 1. The van der Waals surface area contributed by atoms with Crippen LogP contribution in [-0.4, -0.2) is 30.0 Å². The van der Waals surface area contributed by atoms with Gasteiger partial charge in [-0.25, -0.2) is 0 Å². The van der Waals surface area contributed by atoms with Crippen LogP contribution in [0.5, 0.6) is 0 Å². The number of fused-ring (bicyclic) bond motifs is 1. The molecule has 86 valence electrons. The molecule has 1 aromatic carbocycles. The largest absolute Gasteiger partial charge is 0.360 e. The third kappa shape index (κ3) is 2.30. The molecule has 0 bridgehead atoms. The van der Waals surface area contributed by atoms with Gasteiger partial charge in [-0.3, -0.25) is 0 Å². The molecule has 0 atom stereocenters. The monoisotopic (exact) mass is 280 g/mol. The van der Waals surface area contributed by atoms with E-state index in [2.05, 4.69) is 64.2 Å². The highest BCUT2D eigenvalue weighted by molar-refractivity contribution is 9.10. The van der Waals surface area contributed by atoms with Crippen molar-refractivity contribution < 1.29 is 0 Å². The summed E-state index contributed by atoms with van der Waals surface area (Å²) in [6.45, 7) is 4.40. The fourth-order valence-electron chi connectivity index (χ4n) is 1.85. The highest BCUT2D eigenvalue weighted by atomic mass is 79.9. The summed E-state index contributed by atoms with van der Waals surface area (Å²) in [7, 11) is 2.16. The Balaban J connectivity index is 2.22. The maximum absolute atomic E-state index is 3.56. The molecule has 1 aromatic heterocycles. The first-order chi connectivity index (χ1) is 7.72. The van der Waals surface area contributed by atoms with Crippen LogP contribution in [0.2, 0.25) is 0 Å². The lowest BCUT2D eigenvalue weighted by Crippen LogP contribution is -2.20. The van der Waals surface area contributed by atoms with Crippen molar-refractivity contribution in [2.75, 3.05) is 20.1 Å². The molecule has 2 aromatic rings. The van der Waals surface area contributed by atoms with Gasteiger partial charge in [0.05, 0.1) is 5.52 Å². The van der Waals surface area contributed by atoms with Crippen molar-refractivity contribution in [1.82, 2.24) is 9.88 Å². The molecule has 0 radical (unpaired) electrons. The van der Waals surface area contributed by atoms with Crippen molar-refractivity contribution in [1.29, 1.82) is 0 Å². The summed E-state index contributed by atoms with van der Waals surface area (Å²) in [4.78, 5) is 5.66. The molecule has 0 unspecified atom stereocenters. The fraction of sp³-hybridized carbons (Fsp3) is 0.385. The van der Waals surface area contributed by atoms with Gasteiger partial charge in [0.2, 0.25) is 0 Å². The zero-order valence-electron chi connectivity index (χ0n) is 9.76. The summed E-state index contributed by atoms with van der Waals surface area (Å²) in [5.41, 5.74) is 2.60. The van der Waals surface area contributed by atoms with Gasteiger partial charge in [0.15, 0.2) is 0 Å². The molecular weight excluding hydrogens is 264 g/mol. The number of nitrogens with one attached hydrogen (secondary N) is 1. The lowest BCUT2D eigenvalue weighted by atomic mass is 10.1. The van der Waals surface area contributed by atoms with Crippen LogP contribution >= 0.6 is 15.9 Å². The van der Waals surface area contributed by atoms with E-state index in [0.717, 1.165) is 24.0 Å². The molecule has 1 N–H and O–H groups in total. The minimum Gasteiger partial charge on any atom is -0.360 e. The third-order valence-corrected chi connectivity index (χ3v) is 3.71. The standard InChI is InChI=1S/C13H17BrN2/c1-3-16(2)8-7-10-9-15-13-11(10)5-4-6-12(13)14/h4-6,9,15H,3,7-8H2,1-2H3. The van der Waals surface area contributed by atoms with E-state index in [4.69, 9.17) is 0 Å². The van der Waals surface area contributed by atoms with Gasteiger partial charge in [0.25, 0.3) is 0 Å². The molecule has 1 heterocycles. The molecule has 2 rings (SSSR count). The maximum Gasteiger partial charge on any atom is 0.0601 e. The van der Waals surface area contributed by atoms with Crippen LogP contribution in [0.25, 0.3) is 10.9 Å². The van der Waals surface area contributed by atoms with Crippen LogP contribution in [0.3, 0.4) is 0 Å². The highest BCUT2D eigenvalue weighted by Crippen LogP contribution is 2.25. The van der Waals surface area contributed by atoms with E-state index in [-0.39, 0.29) is 0 Å². The number of H-pyrrole nitrogens is 1. The van der Waals surface area contributed by atoms with E-state index in [1.54, 1.807) is 0 Å². The van der Waals surface area contributed by atoms with Gasteiger partial charge >= 0.3 is 0 Å². The molecule has 0 aliphatic heterocycles. The number of aromatic nitrogens is 1. The maximum atomic E-state index is 3.56. The lowest BCUT2D eigenvalue weighted by Gasteiger charge is -2.12. The zero-order chi connectivity index (χ0) is 11.5. The molecule has 0 aliphatic carbocycles. The minimum atomic E-state index is 1.10. The van der Waals surface area contributed by atoms with Crippen molar-refractivity contribution >= 4 is 26.8 Å². The van der Waals surface area contributed by atoms with Crippen molar-refractivity contribution in [2.45, 2.75) is 13.3 Å². The number of aromatic amines is 1. The van der Waals surface area contributed by atoms with E-state index >= 15 is 0 Å². The Morgan fingerprint density at radius 1 is 1.38 bits per heavy atom. The molecule has 0 amide bonds. The number of halogens is 1. The van der Waals surface area contributed by atoms with Crippen molar-refractivity contribution in [3.63, 3.8) is 0 Å². The van der Waals surface area contributed by atoms with E-state index in [9.17, 15) is 0 Å². The molecule has 0 spiro atoms. The van der Waals surface area contributed by atoms with Crippen LogP contribution < -0.4 is 0 Å². The van der Waals surface area contributed by atoms with Gasteiger partial charge < -0.3 is 9.88 Å². The number of benzene rings is 1. The van der Waals surface area contributed by atoms with E-state index in [1.165, 1.54) is 16.5 Å². The second-order valence-electron chi connectivity index (χ2n) is 4.12. The number of para-hydroxylation sites is 1. The van der Waals surface area contributed by atoms with Crippen LogP contribution in [0.1, 0.15) is 12.5 Å². The van der Waals surface area contributed by atoms with E-state index < -0.39 is 0 Å². The van der Waals surface area contributed by atoms with E-state index in [0.29, 0.717) is 0 Å². The molecule has 16 heavy (non-hydrogen) atoms. The predicted molar refractivity (Wildman–Crippen MR) is 72.9 cm³/mol. The Kier molecular flexibility index (Phi) is 3.66.